The summed E-state index contributed by atoms with van der Waals surface area (Å²) in [6.07, 6.45) is 0.689. The molecule has 2 N–H and O–H groups in total. The number of ether oxygens (including phenoxy) is 1. The lowest BCUT2D eigenvalue weighted by molar-refractivity contribution is -0.116. The van der Waals surface area contributed by atoms with Gasteiger partial charge in [0.15, 0.2) is 0 Å². The second kappa shape index (κ2) is 12.3. The summed E-state index contributed by atoms with van der Waals surface area (Å²) in [7, 11) is 1.61. The number of amides is 3. The summed E-state index contributed by atoms with van der Waals surface area (Å²) in [5, 5.41) is 11.1. The van der Waals surface area contributed by atoms with Crippen LogP contribution >= 0.6 is 11.6 Å². The third-order valence-electron chi connectivity index (χ3n) is 5.89. The quantitative estimate of drug-likeness (QED) is 0.262. The van der Waals surface area contributed by atoms with Crippen LogP contribution in [0.5, 0.6) is 5.75 Å². The average molecular weight is 532 g/mol. The molecule has 9 heteroatoms. The number of urea groups is 1. The predicted molar refractivity (Wildman–Crippen MR) is 151 cm³/mol. The van der Waals surface area contributed by atoms with Gasteiger partial charge in [-0.3, -0.25) is 4.79 Å². The number of hydrogen-bond acceptors (Lipinski definition) is 4. The van der Waals surface area contributed by atoms with E-state index in [0.29, 0.717) is 35.2 Å². The maximum atomic E-state index is 13.4. The molecule has 0 bridgehead atoms. The van der Waals surface area contributed by atoms with Gasteiger partial charge in [0.25, 0.3) is 0 Å². The molecular weight excluding hydrogens is 502 g/mol. The lowest BCUT2D eigenvalue weighted by Crippen LogP contribution is -2.41. The molecule has 0 aliphatic carbocycles. The predicted octanol–water partition coefficient (Wildman–Crippen LogP) is 6.39. The number of hydrogen-bond donors (Lipinski definition) is 2. The van der Waals surface area contributed by atoms with E-state index in [1.165, 1.54) is 4.90 Å². The highest BCUT2D eigenvalue weighted by molar-refractivity contribution is 6.30. The molecule has 0 aliphatic rings. The van der Waals surface area contributed by atoms with Crippen molar-refractivity contribution < 1.29 is 14.3 Å². The van der Waals surface area contributed by atoms with E-state index >= 15 is 0 Å². The zero-order valence-electron chi connectivity index (χ0n) is 21.6. The van der Waals surface area contributed by atoms with Crippen molar-refractivity contribution in [3.05, 3.63) is 89.6 Å². The summed E-state index contributed by atoms with van der Waals surface area (Å²) in [6.45, 7) is 4.12. The van der Waals surface area contributed by atoms with Gasteiger partial charge in [-0.05, 0) is 61.4 Å². The molecule has 38 heavy (non-hydrogen) atoms. The number of carbonyl (C=O) groups excluding carboxylic acids is 2. The van der Waals surface area contributed by atoms with Crippen LogP contribution in [0.2, 0.25) is 5.02 Å². The van der Waals surface area contributed by atoms with Crippen molar-refractivity contribution in [1.29, 1.82) is 0 Å². The number of aryl methyl sites for hydroxylation is 1. The van der Waals surface area contributed by atoms with Crippen LogP contribution in [0.3, 0.4) is 0 Å². The summed E-state index contributed by atoms with van der Waals surface area (Å²) in [6, 6.07) is 23.7. The van der Waals surface area contributed by atoms with Gasteiger partial charge < -0.3 is 20.3 Å². The Labute approximate surface area is 227 Å². The van der Waals surface area contributed by atoms with Gasteiger partial charge in [-0.15, -0.1) is 0 Å². The van der Waals surface area contributed by atoms with Crippen LogP contribution in [0.1, 0.15) is 19.0 Å². The second-order valence-electron chi connectivity index (χ2n) is 8.70. The number of halogens is 1. The first-order valence-corrected chi connectivity index (χ1v) is 12.7. The Morgan fingerprint density at radius 1 is 1.00 bits per heavy atom. The maximum absolute atomic E-state index is 13.4. The minimum Gasteiger partial charge on any atom is -0.497 e. The summed E-state index contributed by atoms with van der Waals surface area (Å²) in [5.41, 5.74) is 3.80. The van der Waals surface area contributed by atoms with Crippen LogP contribution < -0.4 is 15.4 Å². The van der Waals surface area contributed by atoms with Crippen LogP contribution in [0.4, 0.5) is 16.3 Å². The molecule has 4 rings (SSSR count). The van der Waals surface area contributed by atoms with Crippen molar-refractivity contribution in [2.45, 2.75) is 20.3 Å². The Morgan fingerprint density at radius 2 is 1.74 bits per heavy atom. The summed E-state index contributed by atoms with van der Waals surface area (Å²) >= 11 is 6.05. The molecular formula is C29H30ClN5O3. The molecule has 0 saturated carbocycles. The average Bonchev–Trinajstić information content (AvgIpc) is 3.24. The van der Waals surface area contributed by atoms with E-state index < -0.39 is 0 Å². The topological polar surface area (TPSA) is 88.5 Å². The monoisotopic (exact) mass is 531 g/mol. The molecule has 4 aromatic rings. The Hall–Kier alpha value is -4.30. The highest BCUT2D eigenvalue weighted by atomic mass is 35.5. The number of anilines is 2. The molecule has 0 spiro atoms. The van der Waals surface area contributed by atoms with E-state index in [0.717, 1.165) is 22.5 Å². The number of methoxy groups -OCH3 is 1. The highest BCUT2D eigenvalue weighted by Crippen LogP contribution is 2.33. The molecule has 0 unspecified atom stereocenters. The lowest BCUT2D eigenvalue weighted by Gasteiger charge is -2.22. The minimum absolute atomic E-state index is 0.138. The Balaban J connectivity index is 1.62. The Kier molecular flexibility index (Phi) is 8.66. The second-order valence-corrected chi connectivity index (χ2v) is 9.13. The fourth-order valence-corrected chi connectivity index (χ4v) is 4.33. The van der Waals surface area contributed by atoms with E-state index in [1.807, 2.05) is 68.4 Å². The fourth-order valence-electron chi connectivity index (χ4n) is 4.14. The van der Waals surface area contributed by atoms with Gasteiger partial charge in [-0.2, -0.15) is 5.10 Å². The van der Waals surface area contributed by atoms with Crippen molar-refractivity contribution in [2.75, 3.05) is 30.8 Å². The standard InChI is InChI=1S/C29H30ClN5O3/c1-4-17-34(29(37)31-23-12-8-11-22(30)18-23)19-26(36)32-28-27(21-9-6-5-7-10-21)20(2)33-35(28)24-13-15-25(38-3)16-14-24/h5-16,18H,4,17,19H2,1-3H3,(H,31,37)(H,32,36). The number of carbonyl (C=O) groups is 2. The Morgan fingerprint density at radius 3 is 2.39 bits per heavy atom. The van der Waals surface area contributed by atoms with Crippen LogP contribution in [0.15, 0.2) is 78.9 Å². The third kappa shape index (κ3) is 6.33. The van der Waals surface area contributed by atoms with Crippen LogP contribution in [-0.2, 0) is 4.79 Å². The van der Waals surface area contributed by atoms with Gasteiger partial charge in [0.1, 0.15) is 18.1 Å². The maximum Gasteiger partial charge on any atom is 0.322 e. The number of aromatic nitrogens is 2. The number of benzene rings is 3. The van der Waals surface area contributed by atoms with Gasteiger partial charge in [0.2, 0.25) is 5.91 Å². The minimum atomic E-state index is -0.382. The smallest absolute Gasteiger partial charge is 0.322 e. The Bertz CT molecular complexity index is 1400. The van der Waals surface area contributed by atoms with Gasteiger partial charge in [0, 0.05) is 22.8 Å². The molecule has 1 heterocycles. The first-order chi connectivity index (χ1) is 18.4. The van der Waals surface area contributed by atoms with Gasteiger partial charge in [-0.1, -0.05) is 54.9 Å². The van der Waals surface area contributed by atoms with Crippen molar-refractivity contribution in [2.24, 2.45) is 0 Å². The number of rotatable bonds is 9. The third-order valence-corrected chi connectivity index (χ3v) is 6.12. The first-order valence-electron chi connectivity index (χ1n) is 12.3. The van der Waals surface area contributed by atoms with E-state index in [9.17, 15) is 9.59 Å². The SMILES string of the molecule is CCCN(CC(=O)Nc1c(-c2ccccc2)c(C)nn1-c1ccc(OC)cc1)C(=O)Nc1cccc(Cl)c1. The summed E-state index contributed by atoms with van der Waals surface area (Å²) in [5.74, 6) is 0.898. The van der Waals surface area contributed by atoms with Crippen molar-refractivity contribution in [3.8, 4) is 22.6 Å². The first kappa shape index (κ1) is 26.8. The molecule has 196 valence electrons. The molecule has 0 aliphatic heterocycles. The summed E-state index contributed by atoms with van der Waals surface area (Å²) < 4.78 is 6.99. The van der Waals surface area contributed by atoms with Crippen LogP contribution in [-0.4, -0.2) is 46.8 Å². The van der Waals surface area contributed by atoms with Crippen molar-refractivity contribution >= 4 is 35.0 Å². The van der Waals surface area contributed by atoms with E-state index in [-0.39, 0.29) is 18.5 Å². The molecule has 3 aromatic carbocycles. The number of nitrogens with zero attached hydrogens (tertiary/aromatic N) is 3. The van der Waals surface area contributed by atoms with E-state index in [2.05, 4.69) is 10.6 Å². The fraction of sp³-hybridized carbons (Fsp3) is 0.207. The molecule has 0 atom stereocenters. The summed E-state index contributed by atoms with van der Waals surface area (Å²) in [4.78, 5) is 27.8. The lowest BCUT2D eigenvalue weighted by atomic mass is 10.1. The van der Waals surface area contributed by atoms with Gasteiger partial charge in [0.05, 0.1) is 18.5 Å². The molecule has 0 saturated heterocycles. The van der Waals surface area contributed by atoms with Crippen molar-refractivity contribution in [3.63, 3.8) is 0 Å². The van der Waals surface area contributed by atoms with E-state index in [1.54, 1.807) is 36.1 Å². The zero-order valence-corrected chi connectivity index (χ0v) is 22.3. The molecule has 3 amide bonds. The van der Waals surface area contributed by atoms with Crippen molar-refractivity contribution in [1.82, 2.24) is 14.7 Å². The molecule has 8 nitrogen and oxygen atoms in total. The molecule has 0 fully saturated rings. The number of nitrogens with one attached hydrogen (secondary N) is 2. The zero-order chi connectivity index (χ0) is 27.1. The molecule has 1 aromatic heterocycles. The van der Waals surface area contributed by atoms with Gasteiger partial charge in [-0.25, -0.2) is 9.48 Å². The normalized spacial score (nSPS) is 10.6. The molecule has 0 radical (unpaired) electrons. The van der Waals surface area contributed by atoms with Crippen LogP contribution in [0.25, 0.3) is 16.8 Å². The van der Waals surface area contributed by atoms with Gasteiger partial charge >= 0.3 is 6.03 Å². The highest BCUT2D eigenvalue weighted by Gasteiger charge is 2.23. The largest absolute Gasteiger partial charge is 0.497 e. The van der Waals surface area contributed by atoms with Crippen LogP contribution in [0, 0.1) is 6.92 Å². The van der Waals surface area contributed by atoms with E-state index in [4.69, 9.17) is 21.4 Å².